The summed E-state index contributed by atoms with van der Waals surface area (Å²) in [6.07, 6.45) is 10.1. The second kappa shape index (κ2) is 11.3. The minimum absolute atomic E-state index is 0.0572. The molecule has 2 heteroatoms. The smallest absolute Gasteiger partial charge is 0.308 e. The van der Waals surface area contributed by atoms with Crippen molar-refractivity contribution in [2.24, 2.45) is 17.8 Å². The topological polar surface area (TPSA) is 26.3 Å². The van der Waals surface area contributed by atoms with Crippen LogP contribution in [0.1, 0.15) is 79.1 Å². The van der Waals surface area contributed by atoms with E-state index in [4.69, 9.17) is 4.74 Å². The van der Waals surface area contributed by atoms with E-state index in [0.29, 0.717) is 0 Å². The molecule has 0 aromatic heterocycles. The van der Waals surface area contributed by atoms with Gasteiger partial charge in [-0.3, -0.25) is 4.79 Å². The number of ether oxygens (including phenoxy) is 1. The van der Waals surface area contributed by atoms with Gasteiger partial charge in [-0.15, -0.1) is 0 Å². The molecule has 0 aliphatic heterocycles. The molecule has 0 unspecified atom stereocenters. The standard InChI is InChI=1S/C17H34O2/c1-6-9-14(2)10-7-11-15(3)12-8-13-16(4)17(18)19-5/h14-16H,6-13H2,1-5H3/t14-,15-,16-/m0/s1. The van der Waals surface area contributed by atoms with Crippen molar-refractivity contribution >= 4 is 5.97 Å². The van der Waals surface area contributed by atoms with Gasteiger partial charge in [0.05, 0.1) is 13.0 Å². The first kappa shape index (κ1) is 18.5. The molecular formula is C17H34O2. The van der Waals surface area contributed by atoms with Crippen molar-refractivity contribution in [3.05, 3.63) is 0 Å². The average molecular weight is 270 g/mol. The number of carbonyl (C=O) groups excluding carboxylic acids is 1. The maximum absolute atomic E-state index is 11.3. The summed E-state index contributed by atoms with van der Waals surface area (Å²) < 4.78 is 4.74. The Morgan fingerprint density at radius 1 is 0.895 bits per heavy atom. The molecule has 0 heterocycles. The zero-order valence-corrected chi connectivity index (χ0v) is 13.7. The molecule has 0 aliphatic carbocycles. The van der Waals surface area contributed by atoms with Crippen LogP contribution in [-0.4, -0.2) is 13.1 Å². The highest BCUT2D eigenvalue weighted by atomic mass is 16.5. The molecule has 3 atom stereocenters. The number of carbonyl (C=O) groups is 1. The van der Waals surface area contributed by atoms with Gasteiger partial charge in [-0.25, -0.2) is 0 Å². The SMILES string of the molecule is CCC[C@H](C)CCC[C@H](C)CCC[C@H](C)C(=O)OC. The zero-order chi connectivity index (χ0) is 14.7. The van der Waals surface area contributed by atoms with E-state index < -0.39 is 0 Å². The number of hydrogen-bond donors (Lipinski definition) is 0. The van der Waals surface area contributed by atoms with Gasteiger partial charge in [0.25, 0.3) is 0 Å². The third-order valence-corrected chi connectivity index (χ3v) is 4.11. The van der Waals surface area contributed by atoms with E-state index in [0.717, 1.165) is 24.7 Å². The van der Waals surface area contributed by atoms with Gasteiger partial charge in [-0.05, 0) is 18.3 Å². The average Bonchev–Trinajstić information content (AvgIpc) is 2.37. The van der Waals surface area contributed by atoms with Crippen LogP contribution < -0.4 is 0 Å². The van der Waals surface area contributed by atoms with Crippen molar-refractivity contribution in [3.63, 3.8) is 0 Å². The number of rotatable bonds is 11. The van der Waals surface area contributed by atoms with Gasteiger partial charge >= 0.3 is 5.97 Å². The van der Waals surface area contributed by atoms with Crippen LogP contribution in [0.25, 0.3) is 0 Å². The van der Waals surface area contributed by atoms with Crippen LogP contribution in [0.2, 0.25) is 0 Å². The number of hydrogen-bond acceptors (Lipinski definition) is 2. The molecule has 2 nitrogen and oxygen atoms in total. The Hall–Kier alpha value is -0.530. The van der Waals surface area contributed by atoms with E-state index in [-0.39, 0.29) is 11.9 Å². The Balaban J connectivity index is 3.54. The predicted octanol–water partition coefficient (Wildman–Crippen LogP) is 5.21. The maximum Gasteiger partial charge on any atom is 0.308 e. The molecule has 19 heavy (non-hydrogen) atoms. The normalized spacial score (nSPS) is 15.8. The highest BCUT2D eigenvalue weighted by molar-refractivity contribution is 5.71. The Bertz CT molecular complexity index is 225. The van der Waals surface area contributed by atoms with Gasteiger partial charge in [0.2, 0.25) is 0 Å². The van der Waals surface area contributed by atoms with Crippen LogP contribution in [0.3, 0.4) is 0 Å². The lowest BCUT2D eigenvalue weighted by atomic mass is 9.92. The van der Waals surface area contributed by atoms with E-state index in [9.17, 15) is 4.79 Å². The van der Waals surface area contributed by atoms with Crippen LogP contribution in [-0.2, 0) is 9.53 Å². The summed E-state index contributed by atoms with van der Waals surface area (Å²) in [7, 11) is 1.47. The van der Waals surface area contributed by atoms with Crippen LogP contribution in [0.15, 0.2) is 0 Å². The van der Waals surface area contributed by atoms with Gasteiger partial charge in [0.1, 0.15) is 0 Å². The fraction of sp³-hybridized carbons (Fsp3) is 0.941. The van der Waals surface area contributed by atoms with Gasteiger partial charge in [0, 0.05) is 0 Å². The van der Waals surface area contributed by atoms with Gasteiger partial charge in [0.15, 0.2) is 0 Å². The molecule has 0 fully saturated rings. The molecule has 0 aromatic rings. The first-order chi connectivity index (χ1) is 9.01. The Morgan fingerprint density at radius 3 is 1.84 bits per heavy atom. The fourth-order valence-corrected chi connectivity index (χ4v) is 2.69. The zero-order valence-electron chi connectivity index (χ0n) is 13.7. The Kier molecular flexibility index (Phi) is 11.0. The molecule has 0 rings (SSSR count). The van der Waals surface area contributed by atoms with Crippen molar-refractivity contribution in [1.29, 1.82) is 0 Å². The molecule has 0 bridgehead atoms. The van der Waals surface area contributed by atoms with E-state index >= 15 is 0 Å². The molecular weight excluding hydrogens is 236 g/mol. The summed E-state index contributed by atoms with van der Waals surface area (Å²) in [4.78, 5) is 11.3. The molecule has 0 N–H and O–H groups in total. The summed E-state index contributed by atoms with van der Waals surface area (Å²) in [6.45, 7) is 8.93. The van der Waals surface area contributed by atoms with Gasteiger partial charge in [-0.2, -0.15) is 0 Å². The van der Waals surface area contributed by atoms with E-state index in [2.05, 4.69) is 20.8 Å². The van der Waals surface area contributed by atoms with Crippen LogP contribution in [0.5, 0.6) is 0 Å². The van der Waals surface area contributed by atoms with Crippen molar-refractivity contribution in [3.8, 4) is 0 Å². The summed E-state index contributed by atoms with van der Waals surface area (Å²) in [5, 5.41) is 0. The third-order valence-electron chi connectivity index (χ3n) is 4.11. The molecule has 0 saturated heterocycles. The molecule has 114 valence electrons. The second-order valence-electron chi connectivity index (χ2n) is 6.29. The minimum Gasteiger partial charge on any atom is -0.469 e. The van der Waals surface area contributed by atoms with Crippen molar-refractivity contribution in [2.75, 3.05) is 7.11 Å². The number of methoxy groups -OCH3 is 1. The second-order valence-corrected chi connectivity index (χ2v) is 6.29. The van der Waals surface area contributed by atoms with Crippen molar-refractivity contribution in [1.82, 2.24) is 0 Å². The van der Waals surface area contributed by atoms with Crippen molar-refractivity contribution < 1.29 is 9.53 Å². The van der Waals surface area contributed by atoms with Crippen LogP contribution in [0, 0.1) is 17.8 Å². The molecule has 0 spiro atoms. The molecule has 0 aliphatic rings. The first-order valence-corrected chi connectivity index (χ1v) is 8.09. The highest BCUT2D eigenvalue weighted by Gasteiger charge is 2.13. The third kappa shape index (κ3) is 9.98. The van der Waals surface area contributed by atoms with Crippen LogP contribution in [0.4, 0.5) is 0 Å². The summed E-state index contributed by atoms with van der Waals surface area (Å²) in [6, 6.07) is 0. The highest BCUT2D eigenvalue weighted by Crippen LogP contribution is 2.21. The lowest BCUT2D eigenvalue weighted by Gasteiger charge is -2.15. The van der Waals surface area contributed by atoms with E-state index in [1.165, 1.54) is 45.6 Å². The Morgan fingerprint density at radius 2 is 1.37 bits per heavy atom. The van der Waals surface area contributed by atoms with Crippen molar-refractivity contribution in [2.45, 2.75) is 79.1 Å². The molecule has 0 radical (unpaired) electrons. The molecule has 0 amide bonds. The van der Waals surface area contributed by atoms with E-state index in [1.54, 1.807) is 0 Å². The van der Waals surface area contributed by atoms with Gasteiger partial charge < -0.3 is 4.74 Å². The monoisotopic (exact) mass is 270 g/mol. The summed E-state index contributed by atoms with van der Waals surface area (Å²) in [5.74, 6) is 1.66. The Labute approximate surface area is 120 Å². The summed E-state index contributed by atoms with van der Waals surface area (Å²) >= 11 is 0. The fourth-order valence-electron chi connectivity index (χ4n) is 2.69. The number of esters is 1. The predicted molar refractivity (Wildman–Crippen MR) is 82.1 cm³/mol. The lowest BCUT2D eigenvalue weighted by molar-refractivity contribution is -0.145. The lowest BCUT2D eigenvalue weighted by Crippen LogP contribution is -2.12. The first-order valence-electron chi connectivity index (χ1n) is 8.09. The molecule has 0 aromatic carbocycles. The molecule has 0 saturated carbocycles. The quantitative estimate of drug-likeness (QED) is 0.482. The summed E-state index contributed by atoms with van der Waals surface area (Å²) in [5.41, 5.74) is 0. The maximum atomic E-state index is 11.3. The van der Waals surface area contributed by atoms with Gasteiger partial charge in [-0.1, -0.05) is 72.6 Å². The van der Waals surface area contributed by atoms with E-state index in [1.807, 2.05) is 6.92 Å². The largest absolute Gasteiger partial charge is 0.469 e. The van der Waals surface area contributed by atoms with Crippen LogP contribution >= 0.6 is 0 Å². The minimum atomic E-state index is -0.0685.